The van der Waals surface area contributed by atoms with E-state index in [-0.39, 0.29) is 41.7 Å². The molecule has 2 aromatic carbocycles. The van der Waals surface area contributed by atoms with Gasteiger partial charge < -0.3 is 5.11 Å². The minimum atomic E-state index is -0.314. The number of Topliss-reactive ketones (excluding diaryl/α,β-unsaturated/α-hetero) is 1. The van der Waals surface area contributed by atoms with Gasteiger partial charge in [-0.25, -0.2) is 0 Å². The van der Waals surface area contributed by atoms with Crippen molar-refractivity contribution in [2.45, 2.75) is 46.0 Å². The van der Waals surface area contributed by atoms with Gasteiger partial charge in [0.1, 0.15) is 5.76 Å². The molecule has 4 rings (SSSR count). The van der Waals surface area contributed by atoms with E-state index in [0.29, 0.717) is 48.2 Å². The van der Waals surface area contributed by atoms with Gasteiger partial charge in [-0.1, -0.05) is 56.3 Å². The summed E-state index contributed by atoms with van der Waals surface area (Å²) in [5.74, 6) is -0.735. The van der Waals surface area contributed by atoms with Crippen LogP contribution in [0.3, 0.4) is 0 Å². The van der Waals surface area contributed by atoms with E-state index >= 15 is 0 Å². The third kappa shape index (κ3) is 5.01. The lowest BCUT2D eigenvalue weighted by molar-refractivity contribution is -0.117. The number of allylic oxidation sites excluding steroid dienone is 2. The molecule has 0 atom stereocenters. The monoisotopic (exact) mass is 458 g/mol. The fourth-order valence-electron chi connectivity index (χ4n) is 4.69. The van der Waals surface area contributed by atoms with E-state index in [4.69, 9.17) is 4.99 Å². The van der Waals surface area contributed by atoms with E-state index in [1.807, 2.05) is 44.2 Å². The predicted molar refractivity (Wildman–Crippen MR) is 131 cm³/mol. The van der Waals surface area contributed by atoms with E-state index < -0.39 is 0 Å². The predicted octanol–water partition coefficient (Wildman–Crippen LogP) is 4.95. The maximum Gasteiger partial charge on any atom is 0.261 e. The molecule has 6 heteroatoms. The summed E-state index contributed by atoms with van der Waals surface area (Å²) in [4.78, 5) is 44.0. The van der Waals surface area contributed by atoms with Crippen LogP contribution in [0.25, 0.3) is 0 Å². The van der Waals surface area contributed by atoms with Gasteiger partial charge in [0.05, 0.1) is 16.7 Å². The molecule has 0 unspecified atom stereocenters. The molecular formula is C28H30N2O4. The van der Waals surface area contributed by atoms with Crippen molar-refractivity contribution in [2.24, 2.45) is 10.4 Å². The van der Waals surface area contributed by atoms with Gasteiger partial charge in [0.2, 0.25) is 0 Å². The SMILES string of the molecule is CC1(C)CC(=O)/C(=C(\O)CCCN2C(=O)c3ccccc3C2=O)C(=NCCc2ccccc2)C1. The topological polar surface area (TPSA) is 87.0 Å². The van der Waals surface area contributed by atoms with Gasteiger partial charge >= 0.3 is 0 Å². The number of aliphatic hydroxyl groups is 1. The molecule has 1 heterocycles. The van der Waals surface area contributed by atoms with E-state index in [1.165, 1.54) is 10.5 Å². The van der Waals surface area contributed by atoms with Crippen LogP contribution in [-0.4, -0.2) is 46.4 Å². The minimum absolute atomic E-state index is 0.00410. The molecule has 1 saturated carbocycles. The van der Waals surface area contributed by atoms with Crippen molar-refractivity contribution in [1.29, 1.82) is 0 Å². The Morgan fingerprint density at radius 2 is 1.56 bits per heavy atom. The van der Waals surface area contributed by atoms with Gasteiger partial charge in [-0.2, -0.15) is 0 Å². The lowest BCUT2D eigenvalue weighted by Crippen LogP contribution is -2.33. The number of hydrogen-bond acceptors (Lipinski definition) is 5. The highest BCUT2D eigenvalue weighted by Gasteiger charge is 2.37. The fraction of sp³-hybridized carbons (Fsp3) is 0.357. The standard InChI is InChI=1S/C28H30N2O4/c1-28(2)17-22(29-15-14-19-9-4-3-5-10-19)25(24(32)18-28)23(31)13-8-16-30-26(33)20-11-6-7-12-21(20)27(30)34/h3-7,9-12,31H,8,13-18H2,1-2H3/b25-23-,29-22?. The van der Waals surface area contributed by atoms with Crippen LogP contribution in [0, 0.1) is 5.41 Å². The van der Waals surface area contributed by atoms with Crippen molar-refractivity contribution in [3.63, 3.8) is 0 Å². The van der Waals surface area contributed by atoms with Gasteiger partial charge in [-0.15, -0.1) is 0 Å². The molecule has 0 spiro atoms. The molecule has 0 saturated heterocycles. The molecular weight excluding hydrogens is 428 g/mol. The van der Waals surface area contributed by atoms with Gasteiger partial charge in [0.25, 0.3) is 11.8 Å². The Morgan fingerprint density at radius 3 is 2.21 bits per heavy atom. The molecule has 2 aliphatic rings. The van der Waals surface area contributed by atoms with Crippen molar-refractivity contribution in [3.05, 3.63) is 82.6 Å². The highest BCUT2D eigenvalue weighted by atomic mass is 16.3. The number of carbonyl (C=O) groups excluding carboxylic acids is 3. The average molecular weight is 459 g/mol. The number of carbonyl (C=O) groups is 3. The van der Waals surface area contributed by atoms with Crippen LogP contribution < -0.4 is 0 Å². The van der Waals surface area contributed by atoms with Crippen LogP contribution in [0.1, 0.15) is 65.8 Å². The maximum atomic E-state index is 12.9. The zero-order valence-electron chi connectivity index (χ0n) is 19.7. The van der Waals surface area contributed by atoms with Crippen LogP contribution in [0.5, 0.6) is 0 Å². The largest absolute Gasteiger partial charge is 0.511 e. The quantitative estimate of drug-likeness (QED) is 0.361. The van der Waals surface area contributed by atoms with E-state index in [2.05, 4.69) is 0 Å². The lowest BCUT2D eigenvalue weighted by Gasteiger charge is -2.31. The summed E-state index contributed by atoms with van der Waals surface area (Å²) in [7, 11) is 0. The summed E-state index contributed by atoms with van der Waals surface area (Å²) < 4.78 is 0. The highest BCUT2D eigenvalue weighted by Crippen LogP contribution is 2.36. The van der Waals surface area contributed by atoms with E-state index in [9.17, 15) is 19.5 Å². The van der Waals surface area contributed by atoms with Gasteiger partial charge in [-0.3, -0.25) is 24.3 Å². The summed E-state index contributed by atoms with van der Waals surface area (Å²) in [5.41, 5.74) is 2.74. The van der Waals surface area contributed by atoms with Crippen LogP contribution in [0.15, 0.2) is 70.9 Å². The van der Waals surface area contributed by atoms with Gasteiger partial charge in [0, 0.05) is 31.6 Å². The number of fused-ring (bicyclic) bond motifs is 1. The Morgan fingerprint density at radius 1 is 0.941 bits per heavy atom. The molecule has 1 aliphatic carbocycles. The average Bonchev–Trinajstić information content (AvgIpc) is 3.04. The van der Waals surface area contributed by atoms with Crippen LogP contribution in [0.4, 0.5) is 0 Å². The molecule has 1 N–H and O–H groups in total. The number of amides is 2. The maximum absolute atomic E-state index is 12.9. The number of aliphatic hydroxyl groups excluding tert-OH is 1. The molecule has 2 aromatic rings. The van der Waals surface area contributed by atoms with Crippen molar-refractivity contribution in [3.8, 4) is 0 Å². The molecule has 0 bridgehead atoms. The number of rotatable bonds is 7. The smallest absolute Gasteiger partial charge is 0.261 e. The second kappa shape index (κ2) is 9.75. The Kier molecular flexibility index (Phi) is 6.77. The van der Waals surface area contributed by atoms with Gasteiger partial charge in [-0.05, 0) is 42.4 Å². The Bertz CT molecular complexity index is 1140. The van der Waals surface area contributed by atoms with Gasteiger partial charge in [0.15, 0.2) is 5.78 Å². The molecule has 1 fully saturated rings. The first kappa shape index (κ1) is 23.6. The number of nitrogens with zero attached hydrogens (tertiary/aromatic N) is 2. The molecule has 6 nitrogen and oxygen atoms in total. The first-order valence-electron chi connectivity index (χ1n) is 11.7. The summed E-state index contributed by atoms with van der Waals surface area (Å²) in [6.07, 6.45) is 2.29. The second-order valence-electron chi connectivity index (χ2n) is 9.74. The summed E-state index contributed by atoms with van der Waals surface area (Å²) in [5, 5.41) is 10.9. The third-order valence-corrected chi connectivity index (χ3v) is 6.36. The first-order chi connectivity index (χ1) is 16.3. The second-order valence-corrected chi connectivity index (χ2v) is 9.74. The summed E-state index contributed by atoms with van der Waals surface area (Å²) in [6.45, 7) is 4.79. The van der Waals surface area contributed by atoms with Crippen molar-refractivity contribution in [1.82, 2.24) is 4.90 Å². The highest BCUT2D eigenvalue weighted by molar-refractivity contribution is 6.24. The van der Waals surface area contributed by atoms with E-state index in [1.54, 1.807) is 24.3 Å². The Hall–Kier alpha value is -3.54. The van der Waals surface area contributed by atoms with Crippen LogP contribution in [0.2, 0.25) is 0 Å². The van der Waals surface area contributed by atoms with Crippen molar-refractivity contribution >= 4 is 23.3 Å². The summed E-state index contributed by atoms with van der Waals surface area (Å²) >= 11 is 0. The number of benzene rings is 2. The molecule has 1 aliphatic heterocycles. The normalized spacial score (nSPS) is 20.1. The zero-order valence-corrected chi connectivity index (χ0v) is 19.7. The van der Waals surface area contributed by atoms with Crippen molar-refractivity contribution in [2.75, 3.05) is 13.1 Å². The molecule has 34 heavy (non-hydrogen) atoms. The van der Waals surface area contributed by atoms with Crippen LogP contribution in [-0.2, 0) is 11.2 Å². The number of aliphatic imine (C=N–C) groups is 1. The molecule has 0 aromatic heterocycles. The molecule has 0 radical (unpaired) electrons. The number of hydrogen-bond donors (Lipinski definition) is 1. The number of imide groups is 1. The Balaban J connectivity index is 1.45. The minimum Gasteiger partial charge on any atom is -0.511 e. The molecule has 2 amide bonds. The zero-order chi connectivity index (χ0) is 24.3. The fourth-order valence-corrected chi connectivity index (χ4v) is 4.69. The third-order valence-electron chi connectivity index (χ3n) is 6.36. The van der Waals surface area contributed by atoms with E-state index in [0.717, 1.165) is 6.42 Å². The van der Waals surface area contributed by atoms with Crippen molar-refractivity contribution < 1.29 is 19.5 Å². The number of ketones is 1. The summed E-state index contributed by atoms with van der Waals surface area (Å²) in [6, 6.07) is 16.8. The molecule has 176 valence electrons. The van der Waals surface area contributed by atoms with Crippen LogP contribution >= 0.6 is 0 Å². The first-order valence-corrected chi connectivity index (χ1v) is 11.7. The Labute approximate surface area is 200 Å². The lowest BCUT2D eigenvalue weighted by atomic mass is 9.73.